The van der Waals surface area contributed by atoms with E-state index in [1.54, 1.807) is 18.2 Å². The molecule has 0 aliphatic carbocycles. The number of hydrogen-bond acceptors (Lipinski definition) is 5. The number of hydrogen-bond donors (Lipinski definition) is 1. The molecule has 1 aromatic carbocycles. The molecule has 1 N–H and O–H groups in total. The Hall–Kier alpha value is -1.51. The number of carbonyl (C=O) groups excluding carboxylic acids is 1. The average molecular weight is 368 g/mol. The summed E-state index contributed by atoms with van der Waals surface area (Å²) in [7, 11) is 0. The van der Waals surface area contributed by atoms with E-state index >= 15 is 0 Å². The molecule has 0 saturated carbocycles. The lowest BCUT2D eigenvalue weighted by molar-refractivity contribution is -0.122. The van der Waals surface area contributed by atoms with Gasteiger partial charge in [0, 0.05) is 0 Å². The van der Waals surface area contributed by atoms with Crippen LogP contribution in [0.3, 0.4) is 0 Å². The summed E-state index contributed by atoms with van der Waals surface area (Å²) in [6.45, 7) is 1.47. The number of rotatable bonds is 5. The molecule has 2 rings (SSSR count). The SMILES string of the molecule is CC(Oc1cccc(Cl)c1Cl)C(=O)Nc1nnc(C(F)F)s1. The van der Waals surface area contributed by atoms with Crippen LogP contribution >= 0.6 is 34.5 Å². The molecule has 22 heavy (non-hydrogen) atoms. The van der Waals surface area contributed by atoms with Crippen LogP contribution < -0.4 is 10.1 Å². The fourth-order valence-corrected chi connectivity index (χ4v) is 2.34. The summed E-state index contributed by atoms with van der Waals surface area (Å²) >= 11 is 12.4. The van der Waals surface area contributed by atoms with Gasteiger partial charge >= 0.3 is 0 Å². The van der Waals surface area contributed by atoms with E-state index in [-0.39, 0.29) is 20.9 Å². The molecule has 0 fully saturated rings. The first-order valence-electron chi connectivity index (χ1n) is 5.91. The molecule has 10 heteroatoms. The van der Waals surface area contributed by atoms with Crippen LogP contribution in [-0.4, -0.2) is 22.2 Å². The van der Waals surface area contributed by atoms with Gasteiger partial charge < -0.3 is 4.74 Å². The minimum atomic E-state index is -2.73. The molecule has 118 valence electrons. The predicted molar refractivity (Wildman–Crippen MR) is 80.0 cm³/mol. The number of halogens is 4. The van der Waals surface area contributed by atoms with Gasteiger partial charge in [0.2, 0.25) is 5.13 Å². The summed E-state index contributed by atoms with van der Waals surface area (Å²) in [6, 6.07) is 4.75. The van der Waals surface area contributed by atoms with Crippen molar-refractivity contribution in [3.8, 4) is 5.75 Å². The summed E-state index contributed by atoms with van der Waals surface area (Å²) in [5.41, 5.74) is 0. The van der Waals surface area contributed by atoms with Crippen molar-refractivity contribution >= 4 is 45.6 Å². The fraction of sp³-hybridized carbons (Fsp3) is 0.250. The van der Waals surface area contributed by atoms with Crippen LogP contribution in [0.25, 0.3) is 0 Å². The Morgan fingerprint density at radius 2 is 2.09 bits per heavy atom. The van der Waals surface area contributed by atoms with Gasteiger partial charge in [0.15, 0.2) is 11.1 Å². The zero-order valence-corrected chi connectivity index (χ0v) is 13.3. The second-order valence-electron chi connectivity index (χ2n) is 4.05. The van der Waals surface area contributed by atoms with Gasteiger partial charge in [0.05, 0.1) is 5.02 Å². The minimum absolute atomic E-state index is 0.0343. The Morgan fingerprint density at radius 3 is 2.73 bits per heavy atom. The quantitative estimate of drug-likeness (QED) is 0.860. The number of aromatic nitrogens is 2. The fourth-order valence-electron chi connectivity index (χ4n) is 1.40. The number of benzene rings is 1. The van der Waals surface area contributed by atoms with Crippen LogP contribution in [0.5, 0.6) is 5.75 Å². The molecule has 2 aromatic rings. The molecule has 1 unspecified atom stereocenters. The topological polar surface area (TPSA) is 64.1 Å². The second kappa shape index (κ2) is 7.17. The van der Waals surface area contributed by atoms with Gasteiger partial charge in [-0.05, 0) is 19.1 Å². The number of nitrogens with zero attached hydrogens (tertiary/aromatic N) is 2. The molecule has 1 atom stereocenters. The molecule has 0 aliphatic heterocycles. The number of nitrogens with one attached hydrogen (secondary N) is 1. The molecule has 0 spiro atoms. The van der Waals surface area contributed by atoms with Gasteiger partial charge in [-0.1, -0.05) is 40.6 Å². The van der Waals surface area contributed by atoms with Crippen LogP contribution in [0.15, 0.2) is 18.2 Å². The Balaban J connectivity index is 2.01. The van der Waals surface area contributed by atoms with Crippen LogP contribution in [-0.2, 0) is 4.79 Å². The van der Waals surface area contributed by atoms with E-state index in [4.69, 9.17) is 27.9 Å². The zero-order valence-electron chi connectivity index (χ0n) is 11.0. The lowest BCUT2D eigenvalue weighted by atomic mass is 10.3. The van der Waals surface area contributed by atoms with Crippen molar-refractivity contribution < 1.29 is 18.3 Å². The Labute approximate surface area is 138 Å². The van der Waals surface area contributed by atoms with Crippen molar-refractivity contribution in [1.29, 1.82) is 0 Å². The number of ether oxygens (including phenoxy) is 1. The van der Waals surface area contributed by atoms with E-state index in [0.717, 1.165) is 0 Å². The summed E-state index contributed by atoms with van der Waals surface area (Å²) in [4.78, 5) is 11.9. The second-order valence-corrected chi connectivity index (χ2v) is 5.84. The zero-order chi connectivity index (χ0) is 16.3. The maximum absolute atomic E-state index is 12.4. The Kier molecular flexibility index (Phi) is 5.49. The van der Waals surface area contributed by atoms with Crippen molar-refractivity contribution in [2.75, 3.05) is 5.32 Å². The molecule has 1 amide bonds. The normalized spacial score (nSPS) is 12.3. The smallest absolute Gasteiger partial charge is 0.291 e. The van der Waals surface area contributed by atoms with Crippen LogP contribution in [0.1, 0.15) is 18.4 Å². The number of carbonyl (C=O) groups is 1. The van der Waals surface area contributed by atoms with Gasteiger partial charge in [-0.15, -0.1) is 10.2 Å². The highest BCUT2D eigenvalue weighted by Crippen LogP contribution is 2.32. The highest BCUT2D eigenvalue weighted by Gasteiger charge is 2.20. The van der Waals surface area contributed by atoms with Gasteiger partial charge in [-0.25, -0.2) is 8.78 Å². The van der Waals surface area contributed by atoms with Crippen LogP contribution in [0.2, 0.25) is 10.0 Å². The standard InChI is InChI=1S/C12H9Cl2F2N3O2S/c1-5(21-7-4-2-3-6(13)8(7)14)10(20)17-12-19-18-11(22-12)9(15)16/h2-5,9H,1H3,(H,17,19,20). The highest BCUT2D eigenvalue weighted by molar-refractivity contribution is 7.15. The monoisotopic (exact) mass is 367 g/mol. The van der Waals surface area contributed by atoms with Gasteiger partial charge in [-0.2, -0.15) is 0 Å². The average Bonchev–Trinajstić information content (AvgIpc) is 2.92. The molecule has 1 aromatic heterocycles. The molecular formula is C12H9Cl2F2N3O2S. The lowest BCUT2D eigenvalue weighted by Gasteiger charge is -2.14. The lowest BCUT2D eigenvalue weighted by Crippen LogP contribution is -2.30. The number of alkyl halides is 2. The molecule has 5 nitrogen and oxygen atoms in total. The maximum atomic E-state index is 12.4. The molecule has 0 radical (unpaired) electrons. The molecule has 0 saturated heterocycles. The predicted octanol–water partition coefficient (Wildman–Crippen LogP) is 4.19. The summed E-state index contributed by atoms with van der Waals surface area (Å²) in [6.07, 6.45) is -3.67. The third-order valence-corrected chi connectivity index (χ3v) is 4.09. The van der Waals surface area contributed by atoms with Crippen molar-refractivity contribution in [2.24, 2.45) is 0 Å². The van der Waals surface area contributed by atoms with E-state index in [1.807, 2.05) is 0 Å². The first-order chi connectivity index (χ1) is 10.4. The van der Waals surface area contributed by atoms with E-state index in [0.29, 0.717) is 11.3 Å². The summed E-state index contributed by atoms with van der Waals surface area (Å²) in [5, 5.41) is 9.02. The Bertz CT molecular complexity index is 684. The molecule has 1 heterocycles. The van der Waals surface area contributed by atoms with Crippen molar-refractivity contribution in [3.63, 3.8) is 0 Å². The highest BCUT2D eigenvalue weighted by atomic mass is 35.5. The third kappa shape index (κ3) is 4.02. The van der Waals surface area contributed by atoms with Gasteiger partial charge in [0.1, 0.15) is 10.8 Å². The molecule has 0 bridgehead atoms. The largest absolute Gasteiger partial charge is 0.479 e. The maximum Gasteiger partial charge on any atom is 0.291 e. The summed E-state index contributed by atoms with van der Waals surface area (Å²) < 4.78 is 30.2. The van der Waals surface area contributed by atoms with Crippen molar-refractivity contribution in [2.45, 2.75) is 19.5 Å². The van der Waals surface area contributed by atoms with Crippen LogP contribution in [0, 0.1) is 0 Å². The van der Waals surface area contributed by atoms with E-state index in [2.05, 4.69) is 15.5 Å². The summed E-state index contributed by atoms with van der Waals surface area (Å²) in [5.74, 6) is -0.338. The van der Waals surface area contributed by atoms with Gasteiger partial charge in [-0.3, -0.25) is 10.1 Å². The molecular weight excluding hydrogens is 359 g/mol. The van der Waals surface area contributed by atoms with Gasteiger partial charge in [0.25, 0.3) is 12.3 Å². The van der Waals surface area contributed by atoms with Crippen LogP contribution in [0.4, 0.5) is 13.9 Å². The van der Waals surface area contributed by atoms with E-state index in [1.165, 1.54) is 6.92 Å². The minimum Gasteiger partial charge on any atom is -0.479 e. The number of amides is 1. The third-order valence-electron chi connectivity index (χ3n) is 2.45. The number of anilines is 1. The van der Waals surface area contributed by atoms with Crippen molar-refractivity contribution in [1.82, 2.24) is 10.2 Å². The first kappa shape index (κ1) is 16.9. The van der Waals surface area contributed by atoms with Crippen molar-refractivity contribution in [3.05, 3.63) is 33.3 Å². The molecule has 0 aliphatic rings. The Morgan fingerprint density at radius 1 is 1.36 bits per heavy atom. The van der Waals surface area contributed by atoms with E-state index < -0.39 is 23.4 Å². The van der Waals surface area contributed by atoms with E-state index in [9.17, 15) is 13.6 Å². The first-order valence-corrected chi connectivity index (χ1v) is 7.48.